The molecule has 3 aromatic rings. The lowest BCUT2D eigenvalue weighted by Gasteiger charge is -2.05. The molecule has 0 atom stereocenters. The standard InChI is InChI=1S/C19H19NO5S/c1-13-3-6-15(7-4-13)26(23,24)18-12-20(10-9-19(21)22)17-11-14(25-2)5-8-16(17)18/h3-8,11-12H,9-10H2,1-2H3,(H,21,22). The maximum atomic E-state index is 13.1. The molecule has 2 aromatic carbocycles. The van der Waals surface area contributed by atoms with E-state index in [1.807, 2.05) is 6.92 Å². The zero-order chi connectivity index (χ0) is 18.9. The Bertz CT molecular complexity index is 1070. The van der Waals surface area contributed by atoms with Gasteiger partial charge in [0.15, 0.2) is 0 Å². The molecule has 0 saturated carbocycles. The summed E-state index contributed by atoms with van der Waals surface area (Å²) >= 11 is 0. The van der Waals surface area contributed by atoms with Crippen LogP contribution in [0.4, 0.5) is 0 Å². The Kier molecular flexibility index (Phi) is 4.73. The van der Waals surface area contributed by atoms with E-state index in [4.69, 9.17) is 9.84 Å². The van der Waals surface area contributed by atoms with E-state index in [0.717, 1.165) is 5.56 Å². The average molecular weight is 373 g/mol. The number of methoxy groups -OCH3 is 1. The first-order valence-corrected chi connectivity index (χ1v) is 9.51. The summed E-state index contributed by atoms with van der Waals surface area (Å²) in [5.74, 6) is -0.371. The van der Waals surface area contributed by atoms with Crippen molar-refractivity contribution in [1.82, 2.24) is 4.57 Å². The van der Waals surface area contributed by atoms with Crippen LogP contribution >= 0.6 is 0 Å². The molecule has 1 aromatic heterocycles. The molecule has 0 unspecified atom stereocenters. The van der Waals surface area contributed by atoms with E-state index in [-0.39, 0.29) is 22.8 Å². The Morgan fingerprint density at radius 3 is 2.46 bits per heavy atom. The highest BCUT2D eigenvalue weighted by molar-refractivity contribution is 7.91. The second kappa shape index (κ2) is 6.84. The number of sulfone groups is 1. The summed E-state index contributed by atoms with van der Waals surface area (Å²) < 4.78 is 33.1. The van der Waals surface area contributed by atoms with Crippen LogP contribution in [0.1, 0.15) is 12.0 Å². The molecule has 0 aliphatic carbocycles. The highest BCUT2D eigenvalue weighted by Crippen LogP contribution is 2.32. The summed E-state index contributed by atoms with van der Waals surface area (Å²) in [7, 11) is -2.21. The predicted octanol–water partition coefficient (Wildman–Crippen LogP) is 3.27. The maximum Gasteiger partial charge on any atom is 0.305 e. The normalized spacial score (nSPS) is 11.6. The minimum Gasteiger partial charge on any atom is -0.497 e. The lowest BCUT2D eigenvalue weighted by molar-refractivity contribution is -0.137. The number of hydrogen-bond acceptors (Lipinski definition) is 4. The van der Waals surface area contributed by atoms with Gasteiger partial charge in [-0.15, -0.1) is 0 Å². The first-order valence-electron chi connectivity index (χ1n) is 8.03. The number of aromatic nitrogens is 1. The van der Waals surface area contributed by atoms with Crippen LogP contribution < -0.4 is 4.74 Å². The molecule has 0 aliphatic heterocycles. The molecular weight excluding hydrogens is 354 g/mol. The maximum absolute atomic E-state index is 13.1. The number of nitrogens with zero attached hydrogens (tertiary/aromatic N) is 1. The summed E-state index contributed by atoms with van der Waals surface area (Å²) in [5.41, 5.74) is 1.59. The summed E-state index contributed by atoms with van der Waals surface area (Å²) in [4.78, 5) is 11.3. The quantitative estimate of drug-likeness (QED) is 0.717. The van der Waals surface area contributed by atoms with Crippen molar-refractivity contribution in [1.29, 1.82) is 0 Å². The molecule has 26 heavy (non-hydrogen) atoms. The van der Waals surface area contributed by atoms with Crippen molar-refractivity contribution >= 4 is 26.7 Å². The number of carboxylic acid groups (broad SMARTS) is 1. The van der Waals surface area contributed by atoms with Gasteiger partial charge in [-0.3, -0.25) is 4.79 Å². The van der Waals surface area contributed by atoms with Crippen molar-refractivity contribution in [2.24, 2.45) is 0 Å². The largest absolute Gasteiger partial charge is 0.497 e. The zero-order valence-corrected chi connectivity index (χ0v) is 15.3. The van der Waals surface area contributed by atoms with Gasteiger partial charge in [-0.1, -0.05) is 17.7 Å². The van der Waals surface area contributed by atoms with E-state index in [2.05, 4.69) is 0 Å². The van der Waals surface area contributed by atoms with E-state index in [1.165, 1.54) is 13.3 Å². The van der Waals surface area contributed by atoms with Crippen molar-refractivity contribution in [3.05, 3.63) is 54.2 Å². The first-order chi connectivity index (χ1) is 12.3. The number of ether oxygens (including phenoxy) is 1. The predicted molar refractivity (Wildman–Crippen MR) is 97.4 cm³/mol. The molecule has 6 nitrogen and oxygen atoms in total. The lowest BCUT2D eigenvalue weighted by atomic mass is 10.2. The van der Waals surface area contributed by atoms with Crippen molar-refractivity contribution < 1.29 is 23.1 Å². The van der Waals surface area contributed by atoms with Crippen molar-refractivity contribution in [3.63, 3.8) is 0 Å². The Morgan fingerprint density at radius 2 is 1.85 bits per heavy atom. The lowest BCUT2D eigenvalue weighted by Crippen LogP contribution is -2.04. The molecule has 7 heteroatoms. The molecule has 0 amide bonds. The molecule has 3 rings (SSSR count). The minimum absolute atomic E-state index is 0.106. The van der Waals surface area contributed by atoms with E-state index in [1.54, 1.807) is 47.0 Å². The Balaban J connectivity index is 2.19. The second-order valence-electron chi connectivity index (χ2n) is 6.03. The van der Waals surface area contributed by atoms with Crippen LogP contribution in [0.25, 0.3) is 10.9 Å². The van der Waals surface area contributed by atoms with Crippen LogP contribution in [0.5, 0.6) is 5.75 Å². The summed E-state index contributed by atoms with van der Waals surface area (Å²) in [6, 6.07) is 11.7. The van der Waals surface area contributed by atoms with E-state index < -0.39 is 15.8 Å². The third-order valence-electron chi connectivity index (χ3n) is 4.24. The van der Waals surface area contributed by atoms with Gasteiger partial charge < -0.3 is 14.4 Å². The van der Waals surface area contributed by atoms with Crippen LogP contribution in [-0.4, -0.2) is 31.2 Å². The third kappa shape index (κ3) is 3.30. The number of hydrogen-bond donors (Lipinski definition) is 1. The number of rotatable bonds is 6. The van der Waals surface area contributed by atoms with Gasteiger partial charge in [-0.25, -0.2) is 8.42 Å². The molecule has 0 bridgehead atoms. The topological polar surface area (TPSA) is 85.6 Å². The van der Waals surface area contributed by atoms with E-state index in [9.17, 15) is 13.2 Å². The highest BCUT2D eigenvalue weighted by Gasteiger charge is 2.23. The molecule has 1 heterocycles. The van der Waals surface area contributed by atoms with Gasteiger partial charge >= 0.3 is 5.97 Å². The third-order valence-corrected chi connectivity index (χ3v) is 6.04. The molecule has 0 fully saturated rings. The van der Waals surface area contributed by atoms with Crippen LogP contribution in [0.3, 0.4) is 0 Å². The summed E-state index contributed by atoms with van der Waals surface area (Å²) in [6.07, 6.45) is 1.40. The molecule has 1 N–H and O–H groups in total. The number of benzene rings is 2. The van der Waals surface area contributed by atoms with Gasteiger partial charge in [0.25, 0.3) is 0 Å². The minimum atomic E-state index is -3.73. The molecular formula is C19H19NO5S. The summed E-state index contributed by atoms with van der Waals surface area (Å²) in [5, 5.41) is 9.50. The fourth-order valence-electron chi connectivity index (χ4n) is 2.82. The van der Waals surface area contributed by atoms with Crippen molar-refractivity contribution in [2.45, 2.75) is 29.7 Å². The molecule has 0 aliphatic rings. The van der Waals surface area contributed by atoms with Gasteiger partial charge in [0.05, 0.1) is 28.8 Å². The molecule has 0 saturated heterocycles. The van der Waals surface area contributed by atoms with Crippen LogP contribution in [0.15, 0.2) is 58.5 Å². The number of carbonyl (C=O) groups is 1. The highest BCUT2D eigenvalue weighted by atomic mass is 32.2. The second-order valence-corrected chi connectivity index (χ2v) is 7.95. The number of aryl methyl sites for hydroxylation is 2. The summed E-state index contributed by atoms with van der Waals surface area (Å²) in [6.45, 7) is 2.06. The van der Waals surface area contributed by atoms with Gasteiger partial charge in [-0.05, 0) is 31.2 Å². The Morgan fingerprint density at radius 1 is 1.15 bits per heavy atom. The molecule has 0 radical (unpaired) electrons. The average Bonchev–Trinajstić information content (AvgIpc) is 2.99. The Labute approximate surface area is 151 Å². The number of carboxylic acids is 1. The zero-order valence-electron chi connectivity index (χ0n) is 14.5. The van der Waals surface area contributed by atoms with Crippen molar-refractivity contribution in [2.75, 3.05) is 7.11 Å². The van der Waals surface area contributed by atoms with Crippen LogP contribution in [0.2, 0.25) is 0 Å². The van der Waals surface area contributed by atoms with E-state index >= 15 is 0 Å². The fourth-order valence-corrected chi connectivity index (χ4v) is 4.30. The number of fused-ring (bicyclic) bond motifs is 1. The van der Waals surface area contributed by atoms with Gasteiger partial charge in [0, 0.05) is 24.2 Å². The van der Waals surface area contributed by atoms with E-state index in [0.29, 0.717) is 16.7 Å². The van der Waals surface area contributed by atoms with Gasteiger partial charge in [-0.2, -0.15) is 0 Å². The van der Waals surface area contributed by atoms with Gasteiger partial charge in [0.2, 0.25) is 9.84 Å². The molecule has 136 valence electrons. The SMILES string of the molecule is COc1ccc2c(S(=O)(=O)c3ccc(C)cc3)cn(CCC(=O)O)c2c1. The number of aliphatic carboxylic acids is 1. The smallest absolute Gasteiger partial charge is 0.305 e. The Hall–Kier alpha value is -2.80. The van der Waals surface area contributed by atoms with Crippen LogP contribution in [-0.2, 0) is 21.2 Å². The fraction of sp³-hybridized carbons (Fsp3) is 0.211. The monoisotopic (exact) mass is 373 g/mol. The van der Waals surface area contributed by atoms with Crippen molar-refractivity contribution in [3.8, 4) is 5.75 Å². The van der Waals surface area contributed by atoms with Crippen LogP contribution in [0, 0.1) is 6.92 Å². The first kappa shape index (κ1) is 18.0. The van der Waals surface area contributed by atoms with Gasteiger partial charge in [0.1, 0.15) is 5.75 Å². The molecule has 0 spiro atoms.